The first kappa shape index (κ1) is 32.5. The zero-order valence-electron chi connectivity index (χ0n) is 25.2. The second kappa shape index (κ2) is 14.7. The van der Waals surface area contributed by atoms with Gasteiger partial charge in [-0.3, -0.25) is 13.9 Å². The van der Waals surface area contributed by atoms with Gasteiger partial charge in [0, 0.05) is 12.6 Å². The van der Waals surface area contributed by atoms with Crippen molar-refractivity contribution >= 4 is 27.5 Å². The highest BCUT2D eigenvalue weighted by Crippen LogP contribution is 2.27. The average Bonchev–Trinajstić information content (AvgIpc) is 3.00. The van der Waals surface area contributed by atoms with Gasteiger partial charge in [0.2, 0.25) is 11.8 Å². The van der Waals surface area contributed by atoms with Crippen molar-refractivity contribution in [2.45, 2.75) is 64.1 Å². The van der Waals surface area contributed by atoms with Crippen LogP contribution in [0.25, 0.3) is 0 Å². The number of benzene rings is 3. The van der Waals surface area contributed by atoms with E-state index in [9.17, 15) is 18.0 Å². The number of carbonyl (C=O) groups is 2. The van der Waals surface area contributed by atoms with E-state index in [-0.39, 0.29) is 23.4 Å². The Kier molecular flexibility index (Phi) is 11.4. The van der Waals surface area contributed by atoms with Gasteiger partial charge in [-0.1, -0.05) is 43.7 Å². The van der Waals surface area contributed by atoms with Crippen molar-refractivity contribution < 1.29 is 27.5 Å². The fourth-order valence-corrected chi connectivity index (χ4v) is 5.86. The average molecular weight is 596 g/mol. The summed E-state index contributed by atoms with van der Waals surface area (Å²) < 4.78 is 39.6. The second-order valence-corrected chi connectivity index (χ2v) is 12.0. The molecule has 226 valence electrons. The molecule has 2 atom stereocenters. The summed E-state index contributed by atoms with van der Waals surface area (Å²) in [6, 6.07) is 19.3. The van der Waals surface area contributed by atoms with E-state index in [1.54, 1.807) is 55.6 Å². The molecule has 0 radical (unpaired) electrons. The minimum absolute atomic E-state index is 0.0116. The molecule has 1 N–H and O–H groups in total. The van der Waals surface area contributed by atoms with Crippen LogP contribution in [0.3, 0.4) is 0 Å². The number of nitrogens with zero attached hydrogens (tertiary/aromatic N) is 2. The van der Waals surface area contributed by atoms with Crippen molar-refractivity contribution in [3.8, 4) is 11.5 Å². The van der Waals surface area contributed by atoms with E-state index in [0.29, 0.717) is 23.6 Å². The number of anilines is 1. The van der Waals surface area contributed by atoms with Crippen molar-refractivity contribution in [2.24, 2.45) is 0 Å². The minimum Gasteiger partial charge on any atom is -0.497 e. The first-order valence-electron chi connectivity index (χ1n) is 14.0. The Hall–Kier alpha value is -4.05. The number of sulfonamides is 1. The number of hydrogen-bond acceptors (Lipinski definition) is 6. The molecular weight excluding hydrogens is 554 g/mol. The summed E-state index contributed by atoms with van der Waals surface area (Å²) in [5.74, 6) is 0.319. The summed E-state index contributed by atoms with van der Waals surface area (Å²) >= 11 is 0. The lowest BCUT2D eigenvalue weighted by Gasteiger charge is -2.33. The van der Waals surface area contributed by atoms with Crippen LogP contribution in [0.4, 0.5) is 5.69 Å². The van der Waals surface area contributed by atoms with E-state index < -0.39 is 28.5 Å². The van der Waals surface area contributed by atoms with Crippen LogP contribution >= 0.6 is 0 Å². The molecule has 0 saturated carbocycles. The number of amides is 2. The predicted molar refractivity (Wildman–Crippen MR) is 164 cm³/mol. The van der Waals surface area contributed by atoms with Crippen molar-refractivity contribution in [2.75, 3.05) is 25.1 Å². The molecule has 0 bridgehead atoms. The second-order valence-electron chi connectivity index (χ2n) is 10.1. The van der Waals surface area contributed by atoms with E-state index in [1.165, 1.54) is 24.1 Å². The molecule has 2 amide bonds. The maximum absolute atomic E-state index is 14.2. The van der Waals surface area contributed by atoms with E-state index in [1.807, 2.05) is 39.8 Å². The number of hydrogen-bond donors (Lipinski definition) is 1. The molecule has 0 heterocycles. The lowest BCUT2D eigenvalue weighted by atomic mass is 10.1. The first-order chi connectivity index (χ1) is 20.0. The molecule has 0 aliphatic heterocycles. The van der Waals surface area contributed by atoms with Crippen molar-refractivity contribution in [3.63, 3.8) is 0 Å². The van der Waals surface area contributed by atoms with Gasteiger partial charge in [-0.25, -0.2) is 8.42 Å². The molecule has 3 aromatic carbocycles. The lowest BCUT2D eigenvalue weighted by Crippen LogP contribution is -2.53. The van der Waals surface area contributed by atoms with Gasteiger partial charge < -0.3 is 19.7 Å². The largest absolute Gasteiger partial charge is 0.497 e. The molecule has 9 nitrogen and oxygen atoms in total. The molecule has 42 heavy (non-hydrogen) atoms. The van der Waals surface area contributed by atoms with E-state index >= 15 is 0 Å². The number of methoxy groups -OCH3 is 2. The Bertz CT molecular complexity index is 1440. The SMILES string of the molecule is CC[C@@H](C)NC(=O)[C@@H](CC)N(Cc1cccc(OC)c1)C(=O)CN(c1ccc(C)cc1)S(=O)(=O)c1ccc(OC)cc1. The Morgan fingerprint density at radius 1 is 0.881 bits per heavy atom. The zero-order valence-corrected chi connectivity index (χ0v) is 26.0. The summed E-state index contributed by atoms with van der Waals surface area (Å²) in [5, 5.41) is 2.98. The van der Waals surface area contributed by atoms with Crippen LogP contribution < -0.4 is 19.1 Å². The topological polar surface area (TPSA) is 105 Å². The monoisotopic (exact) mass is 595 g/mol. The molecule has 0 aliphatic rings. The van der Waals surface area contributed by atoms with Crippen LogP contribution in [0.1, 0.15) is 44.7 Å². The number of nitrogens with one attached hydrogen (secondary N) is 1. The van der Waals surface area contributed by atoms with E-state index in [4.69, 9.17) is 9.47 Å². The molecule has 0 aromatic heterocycles. The molecule has 3 rings (SSSR count). The third-order valence-corrected chi connectivity index (χ3v) is 8.91. The zero-order chi connectivity index (χ0) is 30.9. The maximum Gasteiger partial charge on any atom is 0.264 e. The molecule has 0 saturated heterocycles. The highest BCUT2D eigenvalue weighted by Gasteiger charge is 2.34. The first-order valence-corrected chi connectivity index (χ1v) is 15.4. The van der Waals surface area contributed by atoms with Crippen LogP contribution in [0, 0.1) is 6.92 Å². The molecule has 0 aliphatic carbocycles. The Morgan fingerprint density at radius 2 is 1.52 bits per heavy atom. The molecule has 3 aromatic rings. The van der Waals surface area contributed by atoms with E-state index in [2.05, 4.69) is 5.32 Å². The van der Waals surface area contributed by atoms with Crippen LogP contribution in [0.5, 0.6) is 11.5 Å². The Morgan fingerprint density at radius 3 is 2.10 bits per heavy atom. The van der Waals surface area contributed by atoms with Gasteiger partial charge in [-0.15, -0.1) is 0 Å². The van der Waals surface area contributed by atoms with Gasteiger partial charge in [0.05, 0.1) is 24.8 Å². The Balaban J connectivity index is 2.06. The predicted octanol–water partition coefficient (Wildman–Crippen LogP) is 4.93. The fourth-order valence-electron chi connectivity index (χ4n) is 4.44. The maximum atomic E-state index is 14.2. The summed E-state index contributed by atoms with van der Waals surface area (Å²) in [6.07, 6.45) is 1.07. The van der Waals surface area contributed by atoms with Crippen LogP contribution in [0.2, 0.25) is 0 Å². The van der Waals surface area contributed by atoms with Gasteiger partial charge in [-0.2, -0.15) is 0 Å². The Labute approximate surface area is 249 Å². The van der Waals surface area contributed by atoms with Gasteiger partial charge in [0.25, 0.3) is 10.0 Å². The van der Waals surface area contributed by atoms with Crippen molar-refractivity contribution in [1.29, 1.82) is 0 Å². The van der Waals surface area contributed by atoms with Gasteiger partial charge in [0.15, 0.2) is 0 Å². The van der Waals surface area contributed by atoms with E-state index in [0.717, 1.165) is 21.9 Å². The fraction of sp³-hybridized carbons (Fsp3) is 0.375. The van der Waals surface area contributed by atoms with Gasteiger partial charge in [0.1, 0.15) is 24.1 Å². The number of carbonyl (C=O) groups excluding carboxylic acids is 2. The normalized spacial score (nSPS) is 12.6. The number of ether oxygens (including phenoxy) is 2. The van der Waals surface area contributed by atoms with Crippen LogP contribution in [0.15, 0.2) is 77.7 Å². The standard InChI is InChI=1S/C32H41N3O6S/c1-7-24(4)33-32(37)30(8-2)34(21-25-10-9-11-28(20-25)41-6)31(36)22-35(26-14-12-23(3)13-15-26)42(38,39)29-18-16-27(40-5)17-19-29/h9-20,24,30H,7-8,21-22H2,1-6H3,(H,33,37)/t24-,30-/m1/s1. The van der Waals surface area contributed by atoms with Crippen LogP contribution in [-0.4, -0.2) is 58.0 Å². The van der Waals surface area contributed by atoms with Crippen molar-refractivity contribution in [1.82, 2.24) is 10.2 Å². The third-order valence-electron chi connectivity index (χ3n) is 7.12. The lowest BCUT2D eigenvalue weighted by molar-refractivity contribution is -0.140. The van der Waals surface area contributed by atoms with Crippen LogP contribution in [-0.2, 0) is 26.2 Å². The molecule has 0 spiro atoms. The third kappa shape index (κ3) is 8.03. The highest BCUT2D eigenvalue weighted by molar-refractivity contribution is 7.92. The smallest absolute Gasteiger partial charge is 0.264 e. The highest BCUT2D eigenvalue weighted by atomic mass is 32.2. The summed E-state index contributed by atoms with van der Waals surface area (Å²) in [7, 11) is -1.12. The quantitative estimate of drug-likeness (QED) is 0.283. The molecule has 0 unspecified atom stereocenters. The summed E-state index contributed by atoms with van der Waals surface area (Å²) in [4.78, 5) is 29.0. The van der Waals surface area contributed by atoms with Gasteiger partial charge in [-0.05, 0) is 80.8 Å². The molecule has 0 fully saturated rings. The minimum atomic E-state index is -4.17. The number of aryl methyl sites for hydroxylation is 1. The van der Waals surface area contributed by atoms with Gasteiger partial charge >= 0.3 is 0 Å². The number of rotatable bonds is 14. The molecular formula is C32H41N3O6S. The molecule has 10 heteroatoms. The summed E-state index contributed by atoms with van der Waals surface area (Å²) in [5.41, 5.74) is 2.03. The van der Waals surface area contributed by atoms with Crippen molar-refractivity contribution in [3.05, 3.63) is 83.9 Å². The summed E-state index contributed by atoms with van der Waals surface area (Å²) in [6.45, 7) is 7.18.